The summed E-state index contributed by atoms with van der Waals surface area (Å²) >= 11 is 0. The summed E-state index contributed by atoms with van der Waals surface area (Å²) in [5.74, 6) is 1.03. The molecule has 0 atom stereocenters. The van der Waals surface area contributed by atoms with Crippen molar-refractivity contribution in [1.82, 2.24) is 0 Å². The molecule has 0 heterocycles. The van der Waals surface area contributed by atoms with Crippen LogP contribution in [0.2, 0.25) is 0 Å². The normalized spacial score (nSPS) is 11.8. The molecule has 0 heteroatoms. The van der Waals surface area contributed by atoms with Gasteiger partial charge in [0.1, 0.15) is 0 Å². The molecule has 0 bridgehead atoms. The Morgan fingerprint density at radius 1 is 0.138 bits per heavy atom. The Kier molecular flexibility index (Phi) is 55.0. The van der Waals surface area contributed by atoms with Crippen molar-refractivity contribution in [2.75, 3.05) is 0 Å². The van der Waals surface area contributed by atoms with Crippen LogP contribution in [0.5, 0.6) is 0 Å². The fourth-order valence-corrected chi connectivity index (χ4v) is 9.91. The lowest BCUT2D eigenvalue weighted by Crippen LogP contribution is -2.01. The smallest absolute Gasteiger partial charge is 0.0414 e. The lowest BCUT2D eigenvalue weighted by Gasteiger charge is -2.17. The van der Waals surface area contributed by atoms with Crippen molar-refractivity contribution >= 4 is 0 Å². The van der Waals surface area contributed by atoms with E-state index in [1.165, 1.54) is 347 Å². The van der Waals surface area contributed by atoms with Gasteiger partial charge in [0.15, 0.2) is 0 Å². The van der Waals surface area contributed by atoms with Gasteiger partial charge in [-0.05, 0) is 5.92 Å². The summed E-state index contributed by atoms with van der Waals surface area (Å²) in [7, 11) is 0. The van der Waals surface area contributed by atoms with E-state index >= 15 is 0 Å². The monoisotopic (exact) mass is 815 g/mol. The van der Waals surface area contributed by atoms with Gasteiger partial charge in [0.05, 0.1) is 0 Å². The first-order chi connectivity index (χ1) is 28.8. The van der Waals surface area contributed by atoms with Crippen molar-refractivity contribution in [1.29, 1.82) is 0 Å². The van der Waals surface area contributed by atoms with E-state index in [-0.39, 0.29) is 0 Å². The Morgan fingerprint density at radius 2 is 0.241 bits per heavy atom. The van der Waals surface area contributed by atoms with Crippen LogP contribution in [0, 0.1) is 5.92 Å². The average Bonchev–Trinajstić information content (AvgIpc) is 3.23. The summed E-state index contributed by atoms with van der Waals surface area (Å²) in [6, 6.07) is 0. The number of hydrogen-bond donors (Lipinski definition) is 0. The summed E-state index contributed by atoms with van der Waals surface area (Å²) in [4.78, 5) is 0. The molecular formula is C58H118. The Labute approximate surface area is 372 Å². The van der Waals surface area contributed by atoms with Crippen molar-refractivity contribution < 1.29 is 0 Å². The van der Waals surface area contributed by atoms with E-state index in [2.05, 4.69) is 20.8 Å². The van der Waals surface area contributed by atoms with E-state index in [0.717, 1.165) is 5.92 Å². The van der Waals surface area contributed by atoms with Crippen LogP contribution in [-0.2, 0) is 0 Å². The lowest BCUT2D eigenvalue weighted by molar-refractivity contribution is 0.365. The Bertz CT molecular complexity index is 625. The first-order valence-corrected chi connectivity index (χ1v) is 28.8. The zero-order valence-electron chi connectivity index (χ0n) is 41.8. The number of rotatable bonds is 54. The second-order valence-corrected chi connectivity index (χ2v) is 20.2. The van der Waals surface area contributed by atoms with Gasteiger partial charge in [0, 0.05) is 0 Å². The summed E-state index contributed by atoms with van der Waals surface area (Å²) in [5, 5.41) is 0. The summed E-state index contributed by atoms with van der Waals surface area (Å²) in [6.45, 7) is 6.96. The van der Waals surface area contributed by atoms with Gasteiger partial charge >= 0.3 is 0 Å². The Balaban J connectivity index is 3.94. The van der Waals surface area contributed by atoms with Gasteiger partial charge in [-0.2, -0.15) is 0 Å². The van der Waals surface area contributed by atoms with Gasteiger partial charge in [-0.15, -0.1) is 0 Å². The first kappa shape index (κ1) is 58.0. The molecule has 58 heavy (non-hydrogen) atoms. The van der Waals surface area contributed by atoms with Crippen molar-refractivity contribution in [2.24, 2.45) is 5.92 Å². The molecule has 0 aliphatic rings. The molecule has 0 nitrogen and oxygen atoms in total. The molecule has 0 aromatic carbocycles. The van der Waals surface area contributed by atoms with E-state index in [9.17, 15) is 0 Å². The standard InChI is InChI=1S/C58H118/c1-4-7-10-13-16-19-22-25-28-30-32-35-38-41-44-47-50-53-56-58(55-52-49-46-43-40-37-34-27-24-21-18-15-12-9-6-3)57-54-51-48-45-42-39-36-33-31-29-26-23-20-17-14-11-8-5-2/h58H,4-57H2,1-3H3. The van der Waals surface area contributed by atoms with Crippen LogP contribution in [0.25, 0.3) is 0 Å². The second kappa shape index (κ2) is 55.0. The van der Waals surface area contributed by atoms with E-state index in [4.69, 9.17) is 0 Å². The van der Waals surface area contributed by atoms with E-state index in [0.29, 0.717) is 0 Å². The van der Waals surface area contributed by atoms with Gasteiger partial charge in [-0.1, -0.05) is 367 Å². The fraction of sp³-hybridized carbons (Fsp3) is 1.00. The Hall–Kier alpha value is 0. The molecule has 0 unspecified atom stereocenters. The Morgan fingerprint density at radius 3 is 0.362 bits per heavy atom. The van der Waals surface area contributed by atoms with Crippen LogP contribution in [0.15, 0.2) is 0 Å². The maximum atomic E-state index is 2.32. The zero-order chi connectivity index (χ0) is 41.8. The number of unbranched alkanes of at least 4 members (excludes halogenated alkanes) is 48. The topological polar surface area (TPSA) is 0 Å². The summed E-state index contributed by atoms with van der Waals surface area (Å²) in [6.07, 6.45) is 80.3. The summed E-state index contributed by atoms with van der Waals surface area (Å²) < 4.78 is 0. The van der Waals surface area contributed by atoms with Crippen molar-refractivity contribution in [3.8, 4) is 0 Å². The highest BCUT2D eigenvalue weighted by Crippen LogP contribution is 2.25. The molecule has 0 aromatic rings. The maximum absolute atomic E-state index is 2.32. The molecule has 0 rings (SSSR count). The molecule has 0 spiro atoms. The average molecular weight is 816 g/mol. The van der Waals surface area contributed by atoms with Gasteiger partial charge in [-0.25, -0.2) is 0 Å². The van der Waals surface area contributed by atoms with Crippen LogP contribution < -0.4 is 0 Å². The third-order valence-corrected chi connectivity index (χ3v) is 14.1. The highest BCUT2D eigenvalue weighted by molar-refractivity contribution is 4.63. The van der Waals surface area contributed by atoms with Gasteiger partial charge in [-0.3, -0.25) is 0 Å². The molecule has 350 valence electrons. The van der Waals surface area contributed by atoms with Crippen LogP contribution in [-0.4, -0.2) is 0 Å². The molecule has 0 aromatic heterocycles. The van der Waals surface area contributed by atoms with Crippen LogP contribution in [0.3, 0.4) is 0 Å². The number of hydrogen-bond acceptors (Lipinski definition) is 0. The van der Waals surface area contributed by atoms with Gasteiger partial charge < -0.3 is 0 Å². The molecule has 0 amide bonds. The van der Waals surface area contributed by atoms with Gasteiger partial charge in [0.2, 0.25) is 0 Å². The third-order valence-electron chi connectivity index (χ3n) is 14.1. The maximum Gasteiger partial charge on any atom is -0.0414 e. The summed E-state index contributed by atoms with van der Waals surface area (Å²) in [5.41, 5.74) is 0. The fourth-order valence-electron chi connectivity index (χ4n) is 9.91. The first-order valence-electron chi connectivity index (χ1n) is 28.8. The zero-order valence-corrected chi connectivity index (χ0v) is 41.8. The van der Waals surface area contributed by atoms with E-state index in [1.54, 1.807) is 0 Å². The van der Waals surface area contributed by atoms with E-state index < -0.39 is 0 Å². The minimum atomic E-state index is 1.03. The molecule has 0 aliphatic heterocycles. The van der Waals surface area contributed by atoms with Crippen molar-refractivity contribution in [3.63, 3.8) is 0 Å². The molecule has 0 N–H and O–H groups in total. The minimum Gasteiger partial charge on any atom is -0.0654 e. The minimum absolute atomic E-state index is 1.03. The molecule has 0 radical (unpaired) electrons. The SMILES string of the molecule is CCCCCCCCCCCCCCCCCCCCC(CCCCCCCCCCCCCCCCC)CCCCCCCCCCCCCCCCCCCC. The molecule has 0 fully saturated rings. The molecule has 0 saturated heterocycles. The van der Waals surface area contributed by atoms with Crippen LogP contribution in [0.1, 0.15) is 367 Å². The van der Waals surface area contributed by atoms with Crippen LogP contribution in [0.4, 0.5) is 0 Å². The van der Waals surface area contributed by atoms with Crippen molar-refractivity contribution in [3.05, 3.63) is 0 Å². The van der Waals surface area contributed by atoms with Crippen molar-refractivity contribution in [2.45, 2.75) is 367 Å². The highest BCUT2D eigenvalue weighted by atomic mass is 14.2. The van der Waals surface area contributed by atoms with Gasteiger partial charge in [0.25, 0.3) is 0 Å². The largest absolute Gasteiger partial charge is 0.0654 e. The molecule has 0 aliphatic carbocycles. The second-order valence-electron chi connectivity index (χ2n) is 20.2. The molecular weight excluding hydrogens is 697 g/mol. The molecule has 0 saturated carbocycles. The van der Waals surface area contributed by atoms with E-state index in [1.807, 2.05) is 0 Å². The quantitative estimate of drug-likeness (QED) is 0.0537. The van der Waals surface area contributed by atoms with Crippen LogP contribution >= 0.6 is 0 Å². The third kappa shape index (κ3) is 52.1. The predicted molar refractivity (Wildman–Crippen MR) is 270 cm³/mol. The predicted octanol–water partition coefficient (Wildman–Crippen LogP) is 22.7. The highest BCUT2D eigenvalue weighted by Gasteiger charge is 2.09. The lowest BCUT2D eigenvalue weighted by atomic mass is 9.89.